The number of carbonyl (C=O) groups excluding carboxylic acids is 1. The molecule has 0 saturated carbocycles. The lowest BCUT2D eigenvalue weighted by Crippen LogP contribution is -2.27. The van der Waals surface area contributed by atoms with Crippen LogP contribution in [0.3, 0.4) is 0 Å². The third-order valence-corrected chi connectivity index (χ3v) is 3.30. The number of halogens is 1. The summed E-state index contributed by atoms with van der Waals surface area (Å²) >= 11 is 5.95. The maximum absolute atomic E-state index is 12.6. The Hall–Kier alpha value is -2.04. The number of hydrogen-bond acceptors (Lipinski definition) is 3. The zero-order valence-corrected chi connectivity index (χ0v) is 12.1. The van der Waals surface area contributed by atoms with Crippen molar-refractivity contribution in [1.29, 1.82) is 0 Å². The Labute approximate surface area is 123 Å². The minimum atomic E-state index is -0.175. The van der Waals surface area contributed by atoms with E-state index < -0.39 is 0 Å². The van der Waals surface area contributed by atoms with Gasteiger partial charge in [0.2, 0.25) is 0 Å². The molecule has 0 radical (unpaired) electrons. The summed E-state index contributed by atoms with van der Waals surface area (Å²) in [7, 11) is 1.72. The number of nitrogens with zero attached hydrogens (tertiary/aromatic N) is 1. The van der Waals surface area contributed by atoms with Crippen LogP contribution in [0.15, 0.2) is 42.5 Å². The lowest BCUT2D eigenvalue weighted by atomic mass is 10.1. The predicted molar refractivity (Wildman–Crippen MR) is 83.2 cm³/mol. The summed E-state index contributed by atoms with van der Waals surface area (Å²) in [6.07, 6.45) is 0. The number of nitrogens with one attached hydrogen (secondary N) is 1. The maximum atomic E-state index is 12.6. The van der Waals surface area contributed by atoms with Crippen molar-refractivity contribution in [3.05, 3.63) is 58.6 Å². The molecule has 0 spiro atoms. The minimum absolute atomic E-state index is 0.175. The highest BCUT2D eigenvalue weighted by atomic mass is 35.5. The summed E-state index contributed by atoms with van der Waals surface area (Å²) < 4.78 is 0. The molecule has 1 amide bonds. The average molecular weight is 290 g/mol. The van der Waals surface area contributed by atoms with Gasteiger partial charge in [-0.2, -0.15) is 0 Å². The van der Waals surface area contributed by atoms with Crippen LogP contribution in [-0.2, 0) is 0 Å². The van der Waals surface area contributed by atoms with Crippen molar-refractivity contribution in [2.24, 2.45) is 5.84 Å². The van der Waals surface area contributed by atoms with Crippen LogP contribution in [0.5, 0.6) is 0 Å². The Kier molecular flexibility index (Phi) is 4.27. The van der Waals surface area contributed by atoms with Gasteiger partial charge in [-0.1, -0.05) is 23.7 Å². The number of hydrogen-bond donors (Lipinski definition) is 2. The molecule has 0 heterocycles. The predicted octanol–water partition coefficient (Wildman–Crippen LogP) is 3.21. The molecule has 0 unspecified atom stereocenters. The topological polar surface area (TPSA) is 58.4 Å². The summed E-state index contributed by atoms with van der Waals surface area (Å²) in [5, 5.41) is 0.491. The third-order valence-electron chi connectivity index (χ3n) is 3.06. The fraction of sp³-hybridized carbons (Fsp3) is 0.133. The third kappa shape index (κ3) is 2.92. The van der Waals surface area contributed by atoms with E-state index in [0.717, 1.165) is 11.3 Å². The van der Waals surface area contributed by atoms with Crippen LogP contribution in [0.25, 0.3) is 0 Å². The van der Waals surface area contributed by atoms with Crippen LogP contribution in [0.4, 0.5) is 11.4 Å². The van der Waals surface area contributed by atoms with Crippen molar-refractivity contribution in [2.45, 2.75) is 6.92 Å². The van der Waals surface area contributed by atoms with Crippen molar-refractivity contribution < 1.29 is 4.79 Å². The van der Waals surface area contributed by atoms with Gasteiger partial charge in [0.15, 0.2) is 0 Å². The van der Waals surface area contributed by atoms with Gasteiger partial charge in [-0.3, -0.25) is 10.6 Å². The van der Waals surface area contributed by atoms with Crippen molar-refractivity contribution in [3.63, 3.8) is 0 Å². The van der Waals surface area contributed by atoms with Gasteiger partial charge < -0.3 is 10.3 Å². The van der Waals surface area contributed by atoms with E-state index in [1.54, 1.807) is 30.1 Å². The highest BCUT2D eigenvalue weighted by molar-refractivity contribution is 6.31. The van der Waals surface area contributed by atoms with Crippen molar-refractivity contribution in [3.8, 4) is 0 Å². The van der Waals surface area contributed by atoms with Gasteiger partial charge in [-0.05, 0) is 42.8 Å². The molecule has 3 N–H and O–H groups in total. The second-order valence-electron chi connectivity index (χ2n) is 4.54. The molecule has 0 bridgehead atoms. The first-order chi connectivity index (χ1) is 9.52. The van der Waals surface area contributed by atoms with Gasteiger partial charge in [0.25, 0.3) is 5.91 Å². The largest absolute Gasteiger partial charge is 0.323 e. The van der Waals surface area contributed by atoms with Gasteiger partial charge in [-0.25, -0.2) is 0 Å². The van der Waals surface area contributed by atoms with Gasteiger partial charge in [0.05, 0.1) is 11.3 Å². The second kappa shape index (κ2) is 5.94. The number of hydrazine groups is 1. The zero-order chi connectivity index (χ0) is 14.7. The molecular weight excluding hydrogens is 274 g/mol. The van der Waals surface area contributed by atoms with Gasteiger partial charge >= 0.3 is 0 Å². The standard InChI is InChI=1S/C15H16ClN3O/c1-10-4-3-5-12(8-10)19(2)15(20)13-9-11(16)6-7-14(13)18-17/h3-9,18H,17H2,1-2H3. The number of nitrogens with two attached hydrogens (primary N) is 1. The first-order valence-corrected chi connectivity index (χ1v) is 6.51. The highest BCUT2D eigenvalue weighted by Crippen LogP contribution is 2.24. The first-order valence-electron chi connectivity index (χ1n) is 6.14. The Bertz CT molecular complexity index is 643. The summed E-state index contributed by atoms with van der Waals surface area (Å²) in [5.41, 5.74) is 5.40. The molecule has 4 nitrogen and oxygen atoms in total. The lowest BCUT2D eigenvalue weighted by molar-refractivity contribution is 0.0993. The number of carbonyl (C=O) groups is 1. The molecule has 0 saturated heterocycles. The smallest absolute Gasteiger partial charge is 0.260 e. The quantitative estimate of drug-likeness (QED) is 0.674. The monoisotopic (exact) mass is 289 g/mol. The molecule has 2 aromatic carbocycles. The van der Waals surface area contributed by atoms with E-state index in [1.807, 2.05) is 31.2 Å². The summed E-state index contributed by atoms with van der Waals surface area (Å²) in [6.45, 7) is 1.98. The van der Waals surface area contributed by atoms with Crippen molar-refractivity contribution in [1.82, 2.24) is 0 Å². The molecule has 20 heavy (non-hydrogen) atoms. The number of rotatable bonds is 3. The Morgan fingerprint density at radius 2 is 2.00 bits per heavy atom. The van der Waals surface area contributed by atoms with E-state index in [1.165, 1.54) is 0 Å². The normalized spacial score (nSPS) is 10.2. The second-order valence-corrected chi connectivity index (χ2v) is 4.97. The molecule has 0 fully saturated rings. The van der Waals surface area contributed by atoms with E-state index in [9.17, 15) is 4.79 Å². The number of benzene rings is 2. The number of anilines is 2. The SMILES string of the molecule is Cc1cccc(N(C)C(=O)c2cc(Cl)ccc2NN)c1. The van der Waals surface area contributed by atoms with Crippen molar-refractivity contribution >= 4 is 28.9 Å². The molecular formula is C15H16ClN3O. The minimum Gasteiger partial charge on any atom is -0.323 e. The van der Waals surface area contributed by atoms with E-state index in [2.05, 4.69) is 5.43 Å². The molecule has 0 aliphatic rings. The van der Waals surface area contributed by atoms with E-state index >= 15 is 0 Å². The molecule has 0 aliphatic heterocycles. The maximum Gasteiger partial charge on any atom is 0.260 e. The van der Waals surface area contributed by atoms with Crippen LogP contribution in [0.1, 0.15) is 15.9 Å². The number of amides is 1. The van der Waals surface area contributed by atoms with Crippen LogP contribution in [0.2, 0.25) is 5.02 Å². The van der Waals surface area contributed by atoms with Crippen LogP contribution in [-0.4, -0.2) is 13.0 Å². The molecule has 0 aliphatic carbocycles. The summed E-state index contributed by atoms with van der Waals surface area (Å²) in [4.78, 5) is 14.1. The van der Waals surface area contributed by atoms with Gasteiger partial charge in [-0.15, -0.1) is 0 Å². The fourth-order valence-electron chi connectivity index (χ4n) is 1.95. The molecule has 2 aromatic rings. The fourth-order valence-corrected chi connectivity index (χ4v) is 2.13. The summed E-state index contributed by atoms with van der Waals surface area (Å²) in [5.74, 6) is 5.26. The zero-order valence-electron chi connectivity index (χ0n) is 11.4. The summed E-state index contributed by atoms with van der Waals surface area (Å²) in [6, 6.07) is 12.7. The van der Waals surface area contributed by atoms with Crippen LogP contribution in [0, 0.1) is 6.92 Å². The van der Waals surface area contributed by atoms with Crippen LogP contribution >= 0.6 is 11.6 Å². The van der Waals surface area contributed by atoms with Gasteiger partial charge in [0.1, 0.15) is 0 Å². The van der Waals surface area contributed by atoms with E-state index in [-0.39, 0.29) is 5.91 Å². The Morgan fingerprint density at radius 3 is 2.65 bits per heavy atom. The van der Waals surface area contributed by atoms with Gasteiger partial charge in [0, 0.05) is 17.8 Å². The molecule has 2 rings (SSSR count). The molecule has 5 heteroatoms. The van der Waals surface area contributed by atoms with E-state index in [4.69, 9.17) is 17.4 Å². The Morgan fingerprint density at radius 1 is 1.25 bits per heavy atom. The number of nitrogen functional groups attached to an aromatic ring is 1. The number of aryl methyl sites for hydroxylation is 1. The van der Waals surface area contributed by atoms with E-state index in [0.29, 0.717) is 16.3 Å². The van der Waals surface area contributed by atoms with Crippen molar-refractivity contribution in [2.75, 3.05) is 17.4 Å². The van der Waals surface area contributed by atoms with Crippen LogP contribution < -0.4 is 16.2 Å². The molecule has 104 valence electrons. The Balaban J connectivity index is 2.38. The highest BCUT2D eigenvalue weighted by Gasteiger charge is 2.17. The lowest BCUT2D eigenvalue weighted by Gasteiger charge is -2.19. The first kappa shape index (κ1) is 14.4. The average Bonchev–Trinajstić information content (AvgIpc) is 2.45. The molecule has 0 atom stereocenters. The molecule has 0 aromatic heterocycles.